The van der Waals surface area contributed by atoms with Crippen molar-refractivity contribution in [2.75, 3.05) is 6.54 Å². The molecule has 8 heteroatoms. The molecule has 0 fully saturated rings. The largest absolute Gasteiger partial charge is 0.329 e. The van der Waals surface area contributed by atoms with Crippen molar-refractivity contribution in [2.24, 2.45) is 0 Å². The van der Waals surface area contributed by atoms with E-state index in [-0.39, 0.29) is 5.91 Å². The van der Waals surface area contributed by atoms with E-state index in [1.165, 1.54) is 0 Å². The minimum atomic E-state index is -0.0322. The van der Waals surface area contributed by atoms with Gasteiger partial charge in [-0.2, -0.15) is 0 Å². The second-order valence-electron chi connectivity index (χ2n) is 6.42. The smallest absolute Gasteiger partial charge is 0.254 e. The van der Waals surface area contributed by atoms with Gasteiger partial charge in [-0.1, -0.05) is 17.7 Å². The zero-order valence-corrected chi connectivity index (χ0v) is 15.0. The van der Waals surface area contributed by atoms with Crippen LogP contribution in [-0.4, -0.2) is 41.5 Å². The molecule has 0 bridgehead atoms. The molecular formula is C19H15ClN6O. The van der Waals surface area contributed by atoms with Crippen LogP contribution in [-0.2, 0) is 13.1 Å². The van der Waals surface area contributed by atoms with Crippen LogP contribution in [0.4, 0.5) is 0 Å². The quantitative estimate of drug-likeness (QED) is 0.538. The highest BCUT2D eigenvalue weighted by molar-refractivity contribution is 6.30. The van der Waals surface area contributed by atoms with Crippen molar-refractivity contribution in [1.29, 1.82) is 0 Å². The summed E-state index contributed by atoms with van der Waals surface area (Å²) in [6, 6.07) is 12.8. The minimum absolute atomic E-state index is 0.0322. The van der Waals surface area contributed by atoms with E-state index in [4.69, 9.17) is 11.6 Å². The Morgan fingerprint density at radius 2 is 1.89 bits per heavy atom. The number of carbonyl (C=O) groups is 1. The molecule has 27 heavy (non-hydrogen) atoms. The molecule has 1 amide bonds. The first kappa shape index (κ1) is 16.0. The second-order valence-corrected chi connectivity index (χ2v) is 6.85. The van der Waals surface area contributed by atoms with Crippen LogP contribution in [0, 0.1) is 0 Å². The van der Waals surface area contributed by atoms with Crippen molar-refractivity contribution in [3.63, 3.8) is 0 Å². The van der Waals surface area contributed by atoms with Gasteiger partial charge < -0.3 is 13.9 Å². The Kier molecular flexibility index (Phi) is 3.68. The highest BCUT2D eigenvalue weighted by Crippen LogP contribution is 2.23. The van der Waals surface area contributed by atoms with Crippen LogP contribution in [0.25, 0.3) is 17.2 Å². The fourth-order valence-corrected chi connectivity index (χ4v) is 3.46. The fraction of sp³-hybridized carbons (Fsp3) is 0.158. The first-order valence-electron chi connectivity index (χ1n) is 8.60. The molecule has 1 aliphatic heterocycles. The third-order valence-electron chi connectivity index (χ3n) is 4.72. The maximum absolute atomic E-state index is 12.7. The molecule has 5 rings (SSSR count). The van der Waals surface area contributed by atoms with E-state index in [2.05, 4.69) is 15.2 Å². The Hall–Kier alpha value is -3.19. The lowest BCUT2D eigenvalue weighted by molar-refractivity contribution is 0.0708. The molecule has 0 aliphatic carbocycles. The molecule has 0 unspecified atom stereocenters. The summed E-state index contributed by atoms with van der Waals surface area (Å²) < 4.78 is 3.99. The van der Waals surface area contributed by atoms with Gasteiger partial charge in [0.15, 0.2) is 11.6 Å². The standard InChI is InChI=1S/C19H15ClN6O/c20-14-6-4-13(5-7-14)19(27)25-9-10-26-17(12-25)22-23-18(26)15-11-24-8-2-1-3-16(24)21-15/h1-8,11H,9-10,12H2. The molecule has 0 N–H and O–H groups in total. The van der Waals surface area contributed by atoms with Gasteiger partial charge in [0.1, 0.15) is 11.3 Å². The summed E-state index contributed by atoms with van der Waals surface area (Å²) in [4.78, 5) is 19.1. The first-order valence-corrected chi connectivity index (χ1v) is 8.98. The number of rotatable bonds is 2. The minimum Gasteiger partial charge on any atom is -0.329 e. The Morgan fingerprint density at radius 1 is 1.04 bits per heavy atom. The van der Waals surface area contributed by atoms with Crippen molar-refractivity contribution < 1.29 is 4.79 Å². The number of carbonyl (C=O) groups excluding carboxylic acids is 1. The van der Waals surface area contributed by atoms with E-state index < -0.39 is 0 Å². The van der Waals surface area contributed by atoms with Crippen LogP contribution in [0.1, 0.15) is 16.2 Å². The monoisotopic (exact) mass is 378 g/mol. The lowest BCUT2D eigenvalue weighted by Gasteiger charge is -2.27. The molecular weight excluding hydrogens is 364 g/mol. The number of benzene rings is 1. The van der Waals surface area contributed by atoms with Crippen molar-refractivity contribution in [3.05, 3.63) is 71.3 Å². The van der Waals surface area contributed by atoms with Crippen molar-refractivity contribution in [1.82, 2.24) is 29.0 Å². The number of nitrogens with zero attached hydrogens (tertiary/aromatic N) is 6. The van der Waals surface area contributed by atoms with E-state index in [0.717, 1.165) is 23.0 Å². The van der Waals surface area contributed by atoms with Gasteiger partial charge in [0.2, 0.25) is 0 Å². The zero-order chi connectivity index (χ0) is 18.4. The molecule has 4 heterocycles. The molecule has 134 valence electrons. The molecule has 0 spiro atoms. The van der Waals surface area contributed by atoms with Gasteiger partial charge in [-0.05, 0) is 36.4 Å². The van der Waals surface area contributed by atoms with Gasteiger partial charge in [0, 0.05) is 36.1 Å². The molecule has 7 nitrogen and oxygen atoms in total. The third kappa shape index (κ3) is 2.76. The molecule has 3 aromatic heterocycles. The Bertz CT molecular complexity index is 1110. The molecule has 0 saturated carbocycles. The van der Waals surface area contributed by atoms with Crippen molar-refractivity contribution >= 4 is 23.2 Å². The summed E-state index contributed by atoms with van der Waals surface area (Å²) in [7, 11) is 0. The van der Waals surface area contributed by atoms with Gasteiger partial charge >= 0.3 is 0 Å². The lowest BCUT2D eigenvalue weighted by atomic mass is 10.2. The number of imidazole rings is 1. The Labute approximate surface area is 159 Å². The van der Waals surface area contributed by atoms with Gasteiger partial charge in [0.25, 0.3) is 5.91 Å². The predicted molar refractivity (Wildman–Crippen MR) is 100 cm³/mol. The lowest BCUT2D eigenvalue weighted by Crippen LogP contribution is -2.38. The van der Waals surface area contributed by atoms with E-state index in [9.17, 15) is 4.79 Å². The predicted octanol–water partition coefficient (Wildman–Crippen LogP) is 2.90. The Morgan fingerprint density at radius 3 is 2.70 bits per heavy atom. The normalized spacial score (nSPS) is 13.7. The molecule has 0 saturated heterocycles. The molecule has 4 aromatic rings. The number of hydrogen-bond acceptors (Lipinski definition) is 4. The third-order valence-corrected chi connectivity index (χ3v) is 4.98. The Balaban J connectivity index is 1.43. The number of halogens is 1. The SMILES string of the molecule is O=C(c1ccc(Cl)cc1)N1CCn2c(nnc2-c2cn3ccccc3n2)C1. The summed E-state index contributed by atoms with van der Waals surface area (Å²) >= 11 is 5.91. The zero-order valence-electron chi connectivity index (χ0n) is 14.3. The van der Waals surface area contributed by atoms with Crippen molar-refractivity contribution in [2.45, 2.75) is 13.1 Å². The van der Waals surface area contributed by atoms with Crippen LogP contribution in [0.5, 0.6) is 0 Å². The summed E-state index contributed by atoms with van der Waals surface area (Å²) in [5.41, 5.74) is 2.26. The van der Waals surface area contributed by atoms with E-state index in [1.54, 1.807) is 29.2 Å². The second kappa shape index (κ2) is 6.21. The van der Waals surface area contributed by atoms with Crippen LogP contribution in [0.2, 0.25) is 5.02 Å². The highest BCUT2D eigenvalue weighted by Gasteiger charge is 2.26. The maximum Gasteiger partial charge on any atom is 0.254 e. The first-order chi connectivity index (χ1) is 13.2. The average molecular weight is 379 g/mol. The van der Waals surface area contributed by atoms with Crippen LogP contribution in [0.15, 0.2) is 54.9 Å². The number of fused-ring (bicyclic) bond motifs is 2. The number of amides is 1. The number of aromatic nitrogens is 5. The number of pyridine rings is 1. The van der Waals surface area contributed by atoms with E-state index in [0.29, 0.717) is 30.2 Å². The number of hydrogen-bond donors (Lipinski definition) is 0. The molecule has 1 aromatic carbocycles. The fourth-order valence-electron chi connectivity index (χ4n) is 3.34. The summed E-state index contributed by atoms with van der Waals surface area (Å²) in [5.74, 6) is 1.46. The van der Waals surface area contributed by atoms with E-state index >= 15 is 0 Å². The van der Waals surface area contributed by atoms with Crippen LogP contribution < -0.4 is 0 Å². The van der Waals surface area contributed by atoms with Gasteiger partial charge in [-0.3, -0.25) is 4.79 Å². The summed E-state index contributed by atoms with van der Waals surface area (Å²) in [5, 5.41) is 9.23. The van der Waals surface area contributed by atoms with Gasteiger partial charge in [-0.25, -0.2) is 4.98 Å². The maximum atomic E-state index is 12.7. The topological polar surface area (TPSA) is 68.3 Å². The van der Waals surface area contributed by atoms with Crippen LogP contribution >= 0.6 is 11.6 Å². The summed E-state index contributed by atoms with van der Waals surface area (Å²) in [6.07, 6.45) is 3.89. The van der Waals surface area contributed by atoms with Gasteiger partial charge in [0.05, 0.1) is 6.54 Å². The van der Waals surface area contributed by atoms with Crippen LogP contribution in [0.3, 0.4) is 0 Å². The van der Waals surface area contributed by atoms with Crippen molar-refractivity contribution in [3.8, 4) is 11.5 Å². The molecule has 0 atom stereocenters. The van der Waals surface area contributed by atoms with Gasteiger partial charge in [-0.15, -0.1) is 10.2 Å². The highest BCUT2D eigenvalue weighted by atomic mass is 35.5. The summed E-state index contributed by atoms with van der Waals surface area (Å²) in [6.45, 7) is 1.64. The average Bonchev–Trinajstić information content (AvgIpc) is 3.31. The van der Waals surface area contributed by atoms with E-state index in [1.807, 2.05) is 39.6 Å². The molecule has 1 aliphatic rings. The molecule has 0 radical (unpaired) electrons.